The van der Waals surface area contributed by atoms with Gasteiger partial charge in [-0.05, 0) is 73.6 Å². The summed E-state index contributed by atoms with van der Waals surface area (Å²) in [5, 5.41) is 4.78. The van der Waals surface area contributed by atoms with Crippen LogP contribution in [0.5, 0.6) is 0 Å². The van der Waals surface area contributed by atoms with E-state index in [1.165, 1.54) is 12.7 Å². The number of halogens is 2. The molecule has 2 aliphatic heterocycles. The Morgan fingerprint density at radius 3 is 2.03 bits per heavy atom. The topological polar surface area (TPSA) is 202 Å². The zero-order chi connectivity index (χ0) is 46.0. The number of carbonyl (C=O) groups excluding carboxylic acids is 2. The van der Waals surface area contributed by atoms with Crippen LogP contribution in [-0.2, 0) is 23.7 Å². The molecule has 6 atom stereocenters. The number of hydrogen-bond acceptors (Lipinski definition) is 13. The second kappa shape index (κ2) is 20.4. The fraction of sp³-hybridized carbons (Fsp3) is 0.581. The lowest BCUT2D eigenvalue weighted by Crippen LogP contribution is -2.32. The maximum absolute atomic E-state index is 14.1. The third-order valence-corrected chi connectivity index (χ3v) is 9.98. The summed E-state index contributed by atoms with van der Waals surface area (Å²) in [5.74, 6) is 5.94. The molecule has 0 aliphatic carbocycles. The lowest BCUT2D eigenvalue weighted by molar-refractivity contribution is -0.154. The van der Waals surface area contributed by atoms with E-state index < -0.39 is 53.0 Å². The summed E-state index contributed by atoms with van der Waals surface area (Å²) in [4.78, 5) is 48.8. The van der Waals surface area contributed by atoms with E-state index in [4.69, 9.17) is 36.5 Å². The largest absolute Gasteiger partial charge is 0.444 e. The lowest BCUT2D eigenvalue weighted by Gasteiger charge is -2.25. The molecule has 0 bridgehead atoms. The predicted octanol–water partition coefficient (Wildman–Crippen LogP) is 8.62. The van der Waals surface area contributed by atoms with Crippen molar-refractivity contribution in [3.8, 4) is 24.7 Å². The molecule has 2 aliphatic rings. The number of H-pyrrole nitrogens is 1. The van der Waals surface area contributed by atoms with Crippen molar-refractivity contribution < 1.29 is 42.1 Å². The maximum Gasteiger partial charge on any atom is 0.413 e. The molecule has 3 N–H and O–H groups in total. The van der Waals surface area contributed by atoms with Gasteiger partial charge >= 0.3 is 24.3 Å². The molecule has 0 saturated carbocycles. The van der Waals surface area contributed by atoms with Crippen LogP contribution in [0.4, 0.5) is 30.0 Å². The van der Waals surface area contributed by atoms with Crippen molar-refractivity contribution in [1.29, 1.82) is 0 Å². The Bertz CT molecular complexity index is 2270. The van der Waals surface area contributed by atoms with Crippen LogP contribution < -0.4 is 10.6 Å². The summed E-state index contributed by atoms with van der Waals surface area (Å²) >= 11 is 0. The van der Waals surface area contributed by atoms with Crippen LogP contribution in [0.25, 0.3) is 22.3 Å². The van der Waals surface area contributed by atoms with Gasteiger partial charge in [-0.3, -0.25) is 15.2 Å². The Morgan fingerprint density at radius 1 is 0.919 bits per heavy atom. The smallest absolute Gasteiger partial charge is 0.413 e. The first-order chi connectivity index (χ1) is 29.1. The Kier molecular flexibility index (Phi) is 16.1. The number of fused-ring (bicyclic) bond motifs is 2. The number of anilines is 2. The zero-order valence-corrected chi connectivity index (χ0v) is 37.1. The summed E-state index contributed by atoms with van der Waals surface area (Å²) in [6, 6.07) is 0. The number of imidazole rings is 2. The summed E-state index contributed by atoms with van der Waals surface area (Å²) in [6.45, 7) is 22.9. The van der Waals surface area contributed by atoms with Gasteiger partial charge in [-0.2, -0.15) is 28.7 Å². The summed E-state index contributed by atoms with van der Waals surface area (Å²) < 4.78 is 56.7. The fourth-order valence-corrected chi connectivity index (χ4v) is 6.80. The van der Waals surface area contributed by atoms with E-state index in [-0.39, 0.29) is 40.7 Å². The normalized spacial score (nSPS) is 23.3. The third kappa shape index (κ3) is 12.4. The monoisotopic (exact) mass is 864 g/mol. The molecule has 1 unspecified atom stereocenters. The fourth-order valence-electron chi connectivity index (χ4n) is 6.80. The van der Waals surface area contributed by atoms with E-state index in [2.05, 4.69) is 77.8 Å². The number of unbranched alkanes of at least 4 members (excludes halogenated alkanes) is 1. The highest BCUT2D eigenvalue weighted by Crippen LogP contribution is 2.44. The number of nitrogens with zero attached hydrogens (tertiary/aromatic N) is 7. The molecule has 0 spiro atoms. The molecule has 4 aromatic heterocycles. The van der Waals surface area contributed by atoms with Gasteiger partial charge in [0.1, 0.15) is 34.1 Å². The van der Waals surface area contributed by atoms with Gasteiger partial charge < -0.3 is 28.7 Å². The van der Waals surface area contributed by atoms with E-state index in [0.29, 0.717) is 30.9 Å². The molecule has 0 aromatic carbocycles. The first kappa shape index (κ1) is 48.9. The van der Waals surface area contributed by atoms with Crippen molar-refractivity contribution in [2.24, 2.45) is 11.8 Å². The lowest BCUT2D eigenvalue weighted by atomic mass is 9.87. The second-order valence-electron chi connectivity index (χ2n) is 16.8. The molecule has 2 saturated heterocycles. The van der Waals surface area contributed by atoms with E-state index in [1.54, 1.807) is 46.1 Å². The van der Waals surface area contributed by atoms with E-state index in [1.807, 2.05) is 19.9 Å². The molecule has 19 heteroatoms. The third-order valence-electron chi connectivity index (χ3n) is 9.98. The van der Waals surface area contributed by atoms with Crippen molar-refractivity contribution in [2.75, 3.05) is 17.2 Å². The minimum atomic E-state index is -0.995. The van der Waals surface area contributed by atoms with E-state index >= 15 is 0 Å². The van der Waals surface area contributed by atoms with Crippen molar-refractivity contribution in [2.45, 2.75) is 143 Å². The van der Waals surface area contributed by atoms with Crippen molar-refractivity contribution in [3.63, 3.8) is 0 Å². The van der Waals surface area contributed by atoms with Gasteiger partial charge in [-0.1, -0.05) is 45.6 Å². The number of carbonyl (C=O) groups is 2. The minimum Gasteiger partial charge on any atom is -0.444 e. The molecule has 0 radical (unpaired) electrons. The number of aromatic amines is 1. The highest BCUT2D eigenvalue weighted by atomic mass is 19.1. The highest BCUT2D eigenvalue weighted by Gasteiger charge is 2.45. The minimum absolute atomic E-state index is 0.00995. The number of amides is 2. The average Bonchev–Trinajstić information content (AvgIpc) is 3.97. The number of rotatable bonds is 10. The SMILES string of the molecule is C#C[C@]1(CC)OC(OCCCC=C)C[C@@H]1C.C#C[C@]1(CC)O[C@@H](n2cnc3c(NC(=O)OC(C)(C)C)nc(F)nc32)C[C@@H]1C.CC(C)(C)OC(=O)Nc1nc(F)nc2nc[nH]c12. The Morgan fingerprint density at radius 2 is 1.48 bits per heavy atom. The van der Waals surface area contributed by atoms with Crippen LogP contribution in [0.15, 0.2) is 25.3 Å². The number of nitrogens with one attached hydrogen (secondary N) is 3. The number of aromatic nitrogens is 8. The van der Waals surface area contributed by atoms with Gasteiger partial charge in [0.05, 0.1) is 19.3 Å². The summed E-state index contributed by atoms with van der Waals surface area (Å²) in [6.07, 6.45) is 17.0. The summed E-state index contributed by atoms with van der Waals surface area (Å²) in [7, 11) is 0. The molecule has 62 heavy (non-hydrogen) atoms. The highest BCUT2D eigenvalue weighted by molar-refractivity contribution is 5.94. The number of ether oxygens (including phenoxy) is 5. The van der Waals surface area contributed by atoms with Crippen LogP contribution in [0, 0.1) is 48.7 Å². The molecule has 6 heterocycles. The molecule has 2 amide bonds. The van der Waals surface area contributed by atoms with Crippen molar-refractivity contribution in [3.05, 3.63) is 37.5 Å². The first-order valence-corrected chi connectivity index (χ1v) is 20.4. The Balaban J connectivity index is 0.000000216. The number of allylic oxidation sites excluding steroid dienone is 1. The Hall–Kier alpha value is -5.76. The number of terminal acetylenes is 2. The number of hydrogen-bond donors (Lipinski definition) is 3. The van der Waals surface area contributed by atoms with E-state index in [0.717, 1.165) is 25.7 Å². The van der Waals surface area contributed by atoms with Crippen molar-refractivity contribution in [1.82, 2.24) is 39.5 Å². The molecule has 4 aromatic rings. The predicted molar refractivity (Wildman–Crippen MR) is 228 cm³/mol. The van der Waals surface area contributed by atoms with Crippen LogP contribution >= 0.6 is 0 Å². The standard InChI is InChI=1S/C19H24FN5O3.C14H22O2.C10H12FN5O2/c1-7-19(8-2)11(3)9-12(27-19)25-10-21-13-14(22-16(20)24-15(13)25)23-17(26)28-18(4,5)6;1-5-8-9-10-15-13-11-12(4)14(6-2,7-3)16-13;1-10(2,3)18-9(17)16-7-5-6(13-4-12-5)14-8(11)15-7/h1,10-12H,8-9H2,2-6H3,(H,22,23,24,26);2,5,12-13H,1,7-11H2,3-4H3;4H,1-3H3,(H2,12,13,14,15,16,17)/t11-,12+,19+;12-,13?,14+;/m00./s1. The molecular weight excluding hydrogens is 807 g/mol. The van der Waals surface area contributed by atoms with Gasteiger partial charge in [0.25, 0.3) is 0 Å². The molecule has 6 rings (SSSR count). The van der Waals surface area contributed by atoms with Gasteiger partial charge in [0, 0.05) is 18.3 Å². The molecular formula is C43H58F2N10O7. The summed E-state index contributed by atoms with van der Waals surface area (Å²) in [5.41, 5.74) is -1.55. The van der Waals surface area contributed by atoms with Crippen LogP contribution in [-0.4, -0.2) is 86.9 Å². The molecule has 17 nitrogen and oxygen atoms in total. The van der Waals surface area contributed by atoms with Gasteiger partial charge in [0.15, 0.2) is 34.7 Å². The first-order valence-electron chi connectivity index (χ1n) is 20.4. The second-order valence-corrected chi connectivity index (χ2v) is 16.8. The van der Waals surface area contributed by atoms with Crippen LogP contribution in [0.2, 0.25) is 0 Å². The average molecular weight is 865 g/mol. The zero-order valence-electron chi connectivity index (χ0n) is 37.1. The Labute approximate surface area is 360 Å². The van der Waals surface area contributed by atoms with Gasteiger partial charge in [-0.15, -0.1) is 19.4 Å². The van der Waals surface area contributed by atoms with Gasteiger partial charge in [0.2, 0.25) is 0 Å². The van der Waals surface area contributed by atoms with Gasteiger partial charge in [-0.25, -0.2) is 19.6 Å². The quantitative estimate of drug-likeness (QED) is 0.0592. The molecule has 2 fully saturated rings. The maximum atomic E-state index is 14.1. The van der Waals surface area contributed by atoms with Crippen LogP contribution in [0.1, 0.15) is 114 Å². The van der Waals surface area contributed by atoms with E-state index in [9.17, 15) is 18.4 Å². The molecule has 336 valence electrons. The van der Waals surface area contributed by atoms with Crippen LogP contribution in [0.3, 0.4) is 0 Å². The van der Waals surface area contributed by atoms with Crippen molar-refractivity contribution >= 4 is 46.1 Å².